The molecule has 0 spiro atoms. The highest BCUT2D eigenvalue weighted by molar-refractivity contribution is 5.97. The first-order valence-corrected chi connectivity index (χ1v) is 8.76. The second kappa shape index (κ2) is 5.37. The number of alkyl halides is 3. The summed E-state index contributed by atoms with van der Waals surface area (Å²) in [6.45, 7) is 4.74. The maximum atomic E-state index is 13.4. The number of nitrogens with two attached hydrogens (primary N) is 1. The van der Waals surface area contributed by atoms with Crippen LogP contribution in [0.5, 0.6) is 11.5 Å². The van der Waals surface area contributed by atoms with Crippen LogP contribution in [-0.2, 0) is 6.42 Å². The number of ether oxygens (including phenoxy) is 2. The molecule has 1 aromatic carbocycles. The average molecular weight is 394 g/mol. The zero-order chi connectivity index (χ0) is 19.8. The van der Waals surface area contributed by atoms with Crippen LogP contribution in [0.4, 0.5) is 19.1 Å². The van der Waals surface area contributed by atoms with Crippen molar-refractivity contribution in [2.24, 2.45) is 0 Å². The lowest BCUT2D eigenvalue weighted by Crippen LogP contribution is -2.59. The van der Waals surface area contributed by atoms with Gasteiger partial charge in [0, 0.05) is 30.4 Å². The van der Waals surface area contributed by atoms with E-state index in [0.717, 1.165) is 0 Å². The van der Waals surface area contributed by atoms with E-state index in [1.54, 1.807) is 6.07 Å². The summed E-state index contributed by atoms with van der Waals surface area (Å²) in [4.78, 5) is 10.7. The highest BCUT2D eigenvalue weighted by Crippen LogP contribution is 2.45. The van der Waals surface area contributed by atoms with Crippen molar-refractivity contribution in [1.29, 1.82) is 0 Å². The van der Waals surface area contributed by atoms with Crippen LogP contribution in [0.1, 0.15) is 19.7 Å². The first-order valence-electron chi connectivity index (χ1n) is 8.76. The number of rotatable bonds is 3. The second-order valence-electron chi connectivity index (χ2n) is 7.68. The number of hydrogen-bond donors (Lipinski definition) is 1. The summed E-state index contributed by atoms with van der Waals surface area (Å²) in [6.07, 6.45) is -4.10. The summed E-state index contributed by atoms with van der Waals surface area (Å²) in [6, 6.07) is 2.93. The van der Waals surface area contributed by atoms with Gasteiger partial charge in [-0.2, -0.15) is 4.52 Å². The molecule has 1 fully saturated rings. The molecule has 0 amide bonds. The Kier molecular flexibility index (Phi) is 3.32. The highest BCUT2D eigenvalue weighted by atomic mass is 19.3. The van der Waals surface area contributed by atoms with E-state index in [1.165, 1.54) is 10.6 Å². The van der Waals surface area contributed by atoms with Crippen LogP contribution < -0.4 is 15.2 Å². The summed E-state index contributed by atoms with van der Waals surface area (Å²) >= 11 is 0. The van der Waals surface area contributed by atoms with Crippen LogP contribution in [-0.4, -0.2) is 55.6 Å². The third-order valence-corrected chi connectivity index (χ3v) is 5.16. The predicted octanol–water partition coefficient (Wildman–Crippen LogP) is 2.16. The van der Waals surface area contributed by atoms with Gasteiger partial charge in [-0.3, -0.25) is 4.90 Å². The molecule has 0 unspecified atom stereocenters. The van der Waals surface area contributed by atoms with Gasteiger partial charge in [-0.05, 0) is 26.0 Å². The Morgan fingerprint density at radius 3 is 2.71 bits per heavy atom. The molecule has 2 aliphatic heterocycles. The first-order chi connectivity index (χ1) is 13.1. The molecule has 0 saturated carbocycles. The summed E-state index contributed by atoms with van der Waals surface area (Å²) in [7, 11) is 0. The van der Waals surface area contributed by atoms with Crippen LogP contribution >= 0.6 is 0 Å². The van der Waals surface area contributed by atoms with Crippen molar-refractivity contribution in [3.8, 4) is 11.5 Å². The van der Waals surface area contributed by atoms with Crippen molar-refractivity contribution in [2.75, 3.05) is 18.8 Å². The fourth-order valence-electron chi connectivity index (χ4n) is 3.63. The van der Waals surface area contributed by atoms with Gasteiger partial charge in [-0.15, -0.1) is 13.9 Å². The molecule has 2 aliphatic rings. The lowest BCUT2D eigenvalue weighted by atomic mass is 9.93. The monoisotopic (exact) mass is 394 g/mol. The molecule has 28 heavy (non-hydrogen) atoms. The second-order valence-corrected chi connectivity index (χ2v) is 7.68. The van der Waals surface area contributed by atoms with E-state index in [9.17, 15) is 13.2 Å². The van der Waals surface area contributed by atoms with Crippen LogP contribution in [0, 0.1) is 0 Å². The number of benzene rings is 1. The molecule has 5 rings (SSSR count). The molecule has 0 radical (unpaired) electrons. The Bertz CT molecular complexity index is 1110. The number of aromatic nitrogens is 4. The van der Waals surface area contributed by atoms with Gasteiger partial charge in [-0.1, -0.05) is 0 Å². The molecule has 2 aromatic heterocycles. The summed E-state index contributed by atoms with van der Waals surface area (Å²) in [5.74, 6) is 0.180. The molecular weight excluding hydrogens is 377 g/mol. The molecule has 11 heteroatoms. The Balaban J connectivity index is 1.58. The molecule has 2 N–H and O–H groups in total. The van der Waals surface area contributed by atoms with Gasteiger partial charge in [0.1, 0.15) is 11.7 Å². The van der Waals surface area contributed by atoms with E-state index in [4.69, 9.17) is 5.73 Å². The van der Waals surface area contributed by atoms with Crippen molar-refractivity contribution >= 4 is 22.5 Å². The fourth-order valence-corrected chi connectivity index (χ4v) is 3.63. The maximum absolute atomic E-state index is 13.4. The lowest BCUT2D eigenvalue weighted by molar-refractivity contribution is -0.286. The molecule has 3 aromatic rings. The zero-order valence-electron chi connectivity index (χ0n) is 15.1. The molecule has 1 saturated heterocycles. The fraction of sp³-hybridized carbons (Fsp3) is 0.471. The SMILES string of the molecule is CC(C)(Cc1nc2c3ccc4c(c3nc(N)n2n1)OC(F)(F)O4)N1CC(F)C1. The standard InChI is InChI=1S/C17H17F3N6O2/c1-16(2,25-6-8(18)7-25)5-11-22-14-9-3-4-10-13(28-17(19,20)27-10)12(9)23-15(21)26(14)24-11/h3-4,8H,5-7H2,1-2H3,(H2,21,23). The number of hydrogen-bond acceptors (Lipinski definition) is 7. The Morgan fingerprint density at radius 1 is 1.25 bits per heavy atom. The van der Waals surface area contributed by atoms with Crippen molar-refractivity contribution in [3.05, 3.63) is 18.0 Å². The molecule has 0 aliphatic carbocycles. The van der Waals surface area contributed by atoms with Gasteiger partial charge >= 0.3 is 6.29 Å². The van der Waals surface area contributed by atoms with Crippen LogP contribution in [0.2, 0.25) is 0 Å². The van der Waals surface area contributed by atoms with Gasteiger partial charge in [0.15, 0.2) is 23.0 Å². The van der Waals surface area contributed by atoms with E-state index in [0.29, 0.717) is 36.4 Å². The number of nitrogen functional groups attached to an aromatic ring is 1. The smallest absolute Gasteiger partial charge is 0.395 e. The molecule has 0 atom stereocenters. The van der Waals surface area contributed by atoms with Crippen molar-refractivity contribution in [1.82, 2.24) is 24.5 Å². The van der Waals surface area contributed by atoms with E-state index in [1.807, 2.05) is 18.7 Å². The lowest BCUT2D eigenvalue weighted by Gasteiger charge is -2.46. The Labute approximate surface area is 157 Å². The van der Waals surface area contributed by atoms with E-state index < -0.39 is 12.5 Å². The number of fused-ring (bicyclic) bond motifs is 5. The number of nitrogens with zero attached hydrogens (tertiary/aromatic N) is 5. The van der Waals surface area contributed by atoms with Gasteiger partial charge < -0.3 is 15.2 Å². The van der Waals surface area contributed by atoms with Crippen LogP contribution in [0.15, 0.2) is 12.1 Å². The summed E-state index contributed by atoms with van der Waals surface area (Å²) in [5.41, 5.74) is 6.14. The molecule has 0 bridgehead atoms. The minimum Gasteiger partial charge on any atom is -0.395 e. The quantitative estimate of drug-likeness (QED) is 0.728. The topological polar surface area (TPSA) is 90.8 Å². The van der Waals surface area contributed by atoms with Crippen molar-refractivity contribution in [3.63, 3.8) is 0 Å². The first kappa shape index (κ1) is 17.3. The van der Waals surface area contributed by atoms with E-state index in [2.05, 4.69) is 24.5 Å². The van der Waals surface area contributed by atoms with E-state index >= 15 is 0 Å². The number of anilines is 1. The molecule has 8 nitrogen and oxygen atoms in total. The van der Waals surface area contributed by atoms with Crippen molar-refractivity contribution in [2.45, 2.75) is 38.3 Å². The van der Waals surface area contributed by atoms with Gasteiger partial charge in [0.25, 0.3) is 0 Å². The summed E-state index contributed by atoms with van der Waals surface area (Å²) < 4.78 is 50.5. The normalized spacial score (nSPS) is 19.5. The maximum Gasteiger partial charge on any atom is 0.586 e. The Morgan fingerprint density at radius 2 is 2.00 bits per heavy atom. The molecular formula is C17H17F3N6O2. The third kappa shape index (κ3) is 2.53. The molecule has 148 valence electrons. The van der Waals surface area contributed by atoms with Gasteiger partial charge in [0.05, 0.1) is 0 Å². The highest BCUT2D eigenvalue weighted by Gasteiger charge is 2.45. The largest absolute Gasteiger partial charge is 0.586 e. The summed E-state index contributed by atoms with van der Waals surface area (Å²) in [5, 5.41) is 4.86. The minimum atomic E-state index is -3.76. The zero-order valence-corrected chi connectivity index (χ0v) is 15.1. The Hall–Kier alpha value is -2.82. The predicted molar refractivity (Wildman–Crippen MR) is 93.2 cm³/mol. The van der Waals surface area contributed by atoms with Crippen LogP contribution in [0.25, 0.3) is 16.6 Å². The minimum absolute atomic E-state index is 0.0148. The number of likely N-dealkylation sites (tertiary alicyclic amines) is 1. The van der Waals surface area contributed by atoms with Crippen LogP contribution in [0.3, 0.4) is 0 Å². The van der Waals surface area contributed by atoms with Crippen molar-refractivity contribution < 1.29 is 22.6 Å². The average Bonchev–Trinajstić information content (AvgIpc) is 3.11. The van der Waals surface area contributed by atoms with Gasteiger partial charge in [0.2, 0.25) is 5.95 Å². The molecule has 4 heterocycles. The van der Waals surface area contributed by atoms with Gasteiger partial charge in [-0.25, -0.2) is 14.4 Å². The van der Waals surface area contributed by atoms with E-state index in [-0.39, 0.29) is 28.5 Å². The number of halogens is 3. The third-order valence-electron chi connectivity index (χ3n) is 5.16.